The Balaban J connectivity index is 3.11. The van der Waals surface area contributed by atoms with Crippen molar-refractivity contribution < 1.29 is 9.90 Å². The third-order valence-electron chi connectivity index (χ3n) is 1.44. The third kappa shape index (κ3) is 1.42. The van der Waals surface area contributed by atoms with Crippen LogP contribution in [0.4, 0.5) is 5.69 Å². The molecule has 1 aromatic carbocycles. The number of rotatable bonds is 2. The minimum Gasteiger partial charge on any atom is -0.477 e. The maximum absolute atomic E-state index is 10.4. The van der Waals surface area contributed by atoms with E-state index in [9.17, 15) is 4.79 Å². The molecule has 1 rings (SSSR count). The maximum atomic E-state index is 10.4. The predicted molar refractivity (Wildman–Crippen MR) is 45.3 cm³/mol. The molecule has 0 aliphatic heterocycles. The number of carboxylic acids is 1. The predicted octanol–water partition coefficient (Wildman–Crippen LogP) is 0.721. The first kappa shape index (κ1) is 8.26. The van der Waals surface area contributed by atoms with Crippen molar-refractivity contribution in [3.8, 4) is 0 Å². The van der Waals surface area contributed by atoms with E-state index in [4.69, 9.17) is 16.2 Å². The molecule has 4 N–H and O–H groups in total. The molecule has 12 heavy (non-hydrogen) atoms. The highest BCUT2D eigenvalue weighted by molar-refractivity contribution is 6.42. The highest BCUT2D eigenvalue weighted by Crippen LogP contribution is 2.10. The van der Waals surface area contributed by atoms with Crippen molar-refractivity contribution in [3.05, 3.63) is 29.8 Å². The number of nitrogen functional groups attached to an aromatic ring is 1. The van der Waals surface area contributed by atoms with Gasteiger partial charge in [-0.25, -0.2) is 4.79 Å². The molecule has 0 heterocycles. The first-order valence-electron chi connectivity index (χ1n) is 3.29. The summed E-state index contributed by atoms with van der Waals surface area (Å²) in [5.41, 5.74) is 5.54. The van der Waals surface area contributed by atoms with Gasteiger partial charge in [-0.3, -0.25) is 5.41 Å². The number of nitrogens with two attached hydrogens (primary N) is 1. The van der Waals surface area contributed by atoms with E-state index in [1.807, 2.05) is 0 Å². The fraction of sp³-hybridized carbons (Fsp3) is 0. The Labute approximate surface area is 69.1 Å². The summed E-state index contributed by atoms with van der Waals surface area (Å²) in [6.45, 7) is 0. The molecule has 0 bridgehead atoms. The smallest absolute Gasteiger partial charge is 0.354 e. The number of carboxylic acid groups (broad SMARTS) is 1. The van der Waals surface area contributed by atoms with Gasteiger partial charge in [-0.05, 0) is 6.07 Å². The van der Waals surface area contributed by atoms with Crippen molar-refractivity contribution in [1.82, 2.24) is 0 Å². The van der Waals surface area contributed by atoms with Gasteiger partial charge in [-0.15, -0.1) is 0 Å². The van der Waals surface area contributed by atoms with Gasteiger partial charge in [-0.2, -0.15) is 0 Å². The van der Waals surface area contributed by atoms with Crippen LogP contribution in [-0.4, -0.2) is 16.8 Å². The summed E-state index contributed by atoms with van der Waals surface area (Å²) < 4.78 is 0. The molecule has 0 saturated heterocycles. The first-order chi connectivity index (χ1) is 5.63. The van der Waals surface area contributed by atoms with Crippen LogP contribution in [0.25, 0.3) is 0 Å². The number of aliphatic carboxylic acids is 1. The molecule has 62 valence electrons. The van der Waals surface area contributed by atoms with Gasteiger partial charge >= 0.3 is 5.97 Å². The summed E-state index contributed by atoms with van der Waals surface area (Å²) in [6.07, 6.45) is 0. The molecule has 0 saturated carbocycles. The Morgan fingerprint density at radius 2 is 2.00 bits per heavy atom. The van der Waals surface area contributed by atoms with Crippen LogP contribution in [0.1, 0.15) is 5.56 Å². The highest BCUT2D eigenvalue weighted by Gasteiger charge is 2.11. The van der Waals surface area contributed by atoms with Crippen molar-refractivity contribution in [2.75, 3.05) is 5.73 Å². The Kier molecular flexibility index (Phi) is 2.09. The van der Waals surface area contributed by atoms with Gasteiger partial charge in [0.2, 0.25) is 0 Å². The number of benzene rings is 1. The second kappa shape index (κ2) is 3.04. The minimum atomic E-state index is -1.27. The van der Waals surface area contributed by atoms with Gasteiger partial charge in [0, 0.05) is 11.3 Å². The van der Waals surface area contributed by atoms with E-state index in [0.29, 0.717) is 5.69 Å². The number of nitrogens with one attached hydrogen (secondary N) is 1. The zero-order chi connectivity index (χ0) is 9.14. The van der Waals surface area contributed by atoms with Gasteiger partial charge in [0.15, 0.2) is 0 Å². The van der Waals surface area contributed by atoms with Crippen molar-refractivity contribution >= 4 is 17.4 Å². The molecule has 0 aromatic heterocycles. The van der Waals surface area contributed by atoms with Gasteiger partial charge < -0.3 is 10.8 Å². The summed E-state index contributed by atoms with van der Waals surface area (Å²) in [4.78, 5) is 10.4. The van der Waals surface area contributed by atoms with Crippen molar-refractivity contribution in [1.29, 1.82) is 5.41 Å². The molecule has 0 amide bonds. The molecule has 0 unspecified atom stereocenters. The number of hydrogen-bond acceptors (Lipinski definition) is 3. The van der Waals surface area contributed by atoms with E-state index in [0.717, 1.165) is 0 Å². The molecule has 0 fully saturated rings. The lowest BCUT2D eigenvalue weighted by atomic mass is 10.1. The number of carbonyl (C=O) groups is 1. The van der Waals surface area contributed by atoms with Crippen molar-refractivity contribution in [2.24, 2.45) is 0 Å². The van der Waals surface area contributed by atoms with E-state index in [-0.39, 0.29) is 5.56 Å². The Morgan fingerprint density at radius 1 is 1.42 bits per heavy atom. The molecule has 0 spiro atoms. The minimum absolute atomic E-state index is 0.255. The molecule has 1 aromatic rings. The zero-order valence-corrected chi connectivity index (χ0v) is 6.24. The Hall–Kier alpha value is -1.84. The van der Waals surface area contributed by atoms with Crippen molar-refractivity contribution in [3.63, 3.8) is 0 Å². The van der Waals surface area contributed by atoms with Gasteiger partial charge in [0.05, 0.1) is 0 Å². The molecule has 0 radical (unpaired) electrons. The van der Waals surface area contributed by atoms with E-state index in [1.165, 1.54) is 6.07 Å². The fourth-order valence-electron chi connectivity index (χ4n) is 0.840. The van der Waals surface area contributed by atoms with E-state index < -0.39 is 11.7 Å². The van der Waals surface area contributed by atoms with Crippen LogP contribution in [0.2, 0.25) is 0 Å². The number of para-hydroxylation sites is 1. The second-order valence-corrected chi connectivity index (χ2v) is 2.27. The number of hydrogen-bond donors (Lipinski definition) is 3. The normalized spacial score (nSPS) is 9.33. The lowest BCUT2D eigenvalue weighted by molar-refractivity contribution is -0.129. The van der Waals surface area contributed by atoms with Crippen LogP contribution in [0.5, 0.6) is 0 Å². The van der Waals surface area contributed by atoms with Crippen LogP contribution < -0.4 is 5.73 Å². The van der Waals surface area contributed by atoms with Gasteiger partial charge in [0.1, 0.15) is 5.71 Å². The maximum Gasteiger partial charge on any atom is 0.354 e. The summed E-state index contributed by atoms with van der Waals surface area (Å²) in [6, 6.07) is 6.40. The quantitative estimate of drug-likeness (QED) is 0.444. The van der Waals surface area contributed by atoms with E-state index in [2.05, 4.69) is 0 Å². The van der Waals surface area contributed by atoms with Crippen LogP contribution in [0, 0.1) is 5.41 Å². The lowest BCUT2D eigenvalue weighted by Gasteiger charge is -2.01. The van der Waals surface area contributed by atoms with Crippen molar-refractivity contribution in [2.45, 2.75) is 0 Å². The van der Waals surface area contributed by atoms with Crippen LogP contribution in [-0.2, 0) is 4.79 Å². The topological polar surface area (TPSA) is 87.2 Å². The summed E-state index contributed by atoms with van der Waals surface area (Å²) in [5, 5.41) is 15.6. The SMILES string of the molecule is N=C(C(=O)O)c1ccccc1N. The second-order valence-electron chi connectivity index (χ2n) is 2.27. The Bertz CT molecular complexity index is 334. The molecule has 0 aliphatic rings. The fourth-order valence-corrected chi connectivity index (χ4v) is 0.840. The van der Waals surface area contributed by atoms with E-state index >= 15 is 0 Å². The van der Waals surface area contributed by atoms with Gasteiger partial charge in [-0.1, -0.05) is 18.2 Å². The standard InChI is InChI=1S/C8H8N2O2/c9-6-4-2-1-3-5(6)7(10)8(11)12/h1-4,10H,9H2,(H,11,12). The molecule has 0 atom stereocenters. The average Bonchev–Trinajstić information content (AvgIpc) is 2.04. The molecule has 4 nitrogen and oxygen atoms in total. The summed E-state index contributed by atoms with van der Waals surface area (Å²) >= 11 is 0. The molecule has 0 aliphatic carbocycles. The highest BCUT2D eigenvalue weighted by atomic mass is 16.4. The lowest BCUT2D eigenvalue weighted by Crippen LogP contribution is -2.14. The largest absolute Gasteiger partial charge is 0.477 e. The first-order valence-corrected chi connectivity index (χ1v) is 3.29. The van der Waals surface area contributed by atoms with Crippen LogP contribution in [0.3, 0.4) is 0 Å². The number of anilines is 1. The van der Waals surface area contributed by atoms with E-state index in [1.54, 1.807) is 18.2 Å². The average molecular weight is 164 g/mol. The van der Waals surface area contributed by atoms with Gasteiger partial charge in [0.25, 0.3) is 0 Å². The Morgan fingerprint density at radius 3 is 2.50 bits per heavy atom. The monoisotopic (exact) mass is 164 g/mol. The zero-order valence-electron chi connectivity index (χ0n) is 6.24. The summed E-state index contributed by atoms with van der Waals surface area (Å²) in [7, 11) is 0. The van der Waals surface area contributed by atoms with Crippen LogP contribution >= 0.6 is 0 Å². The molecule has 4 heteroatoms. The third-order valence-corrected chi connectivity index (χ3v) is 1.44. The molecular weight excluding hydrogens is 156 g/mol. The molecular formula is C8H8N2O2. The van der Waals surface area contributed by atoms with Crippen LogP contribution in [0.15, 0.2) is 24.3 Å². The summed E-state index contributed by atoms with van der Waals surface area (Å²) in [5.74, 6) is -1.27.